The summed E-state index contributed by atoms with van der Waals surface area (Å²) < 4.78 is 5.16. The van der Waals surface area contributed by atoms with Crippen LogP contribution in [0, 0.1) is 6.92 Å². The molecule has 0 unspecified atom stereocenters. The van der Waals surface area contributed by atoms with Gasteiger partial charge in [0, 0.05) is 17.6 Å². The summed E-state index contributed by atoms with van der Waals surface area (Å²) in [5, 5.41) is 4.42. The maximum absolute atomic E-state index is 12.1. The van der Waals surface area contributed by atoms with E-state index in [0.29, 0.717) is 6.54 Å². The van der Waals surface area contributed by atoms with E-state index in [4.69, 9.17) is 4.74 Å². The molecule has 0 saturated heterocycles. The van der Waals surface area contributed by atoms with Crippen molar-refractivity contribution in [2.24, 2.45) is 0 Å². The molecule has 3 rings (SSSR count). The van der Waals surface area contributed by atoms with Crippen LogP contribution in [0.15, 0.2) is 53.3 Å². The van der Waals surface area contributed by atoms with Crippen molar-refractivity contribution < 1.29 is 4.74 Å². The van der Waals surface area contributed by atoms with Gasteiger partial charge in [-0.25, -0.2) is 0 Å². The first-order chi connectivity index (χ1) is 11.7. The number of aromatic amines is 1. The summed E-state index contributed by atoms with van der Waals surface area (Å²) in [7, 11) is 1.67. The standard InChI is InChI=1S/C20H22N2O2/c1-14-3-8-19-16(11-14)12-17(20(23)22-19)13-21-10-9-15-4-6-18(24-2)7-5-15/h3-8,11-12,21H,9-10,13H2,1-2H3,(H,22,23). The van der Waals surface area contributed by atoms with Gasteiger partial charge in [-0.1, -0.05) is 23.8 Å². The lowest BCUT2D eigenvalue weighted by Crippen LogP contribution is -2.22. The highest BCUT2D eigenvalue weighted by atomic mass is 16.5. The molecular weight excluding hydrogens is 300 g/mol. The normalized spacial score (nSPS) is 10.9. The number of aromatic nitrogens is 1. The van der Waals surface area contributed by atoms with Crippen molar-refractivity contribution in [3.05, 3.63) is 75.6 Å². The Hall–Kier alpha value is -2.59. The van der Waals surface area contributed by atoms with Crippen LogP contribution in [0.3, 0.4) is 0 Å². The Bertz CT molecular complexity index is 882. The molecule has 2 aromatic carbocycles. The summed E-state index contributed by atoms with van der Waals surface area (Å²) in [4.78, 5) is 15.1. The van der Waals surface area contributed by atoms with Crippen molar-refractivity contribution in [1.82, 2.24) is 10.3 Å². The van der Waals surface area contributed by atoms with Gasteiger partial charge >= 0.3 is 0 Å². The fraction of sp³-hybridized carbons (Fsp3) is 0.250. The highest BCUT2D eigenvalue weighted by Gasteiger charge is 2.03. The summed E-state index contributed by atoms with van der Waals surface area (Å²) in [6.45, 7) is 3.43. The van der Waals surface area contributed by atoms with Crippen LogP contribution in [0.1, 0.15) is 16.7 Å². The van der Waals surface area contributed by atoms with Gasteiger partial charge in [0.15, 0.2) is 0 Å². The molecule has 124 valence electrons. The van der Waals surface area contributed by atoms with Gasteiger partial charge in [0.2, 0.25) is 0 Å². The lowest BCUT2D eigenvalue weighted by molar-refractivity contribution is 0.414. The number of hydrogen-bond acceptors (Lipinski definition) is 3. The number of rotatable bonds is 6. The number of nitrogens with one attached hydrogen (secondary N) is 2. The zero-order valence-electron chi connectivity index (χ0n) is 14.1. The van der Waals surface area contributed by atoms with Crippen LogP contribution in [-0.2, 0) is 13.0 Å². The lowest BCUT2D eigenvalue weighted by Gasteiger charge is -2.07. The van der Waals surface area contributed by atoms with Crippen LogP contribution >= 0.6 is 0 Å². The molecule has 2 N–H and O–H groups in total. The van der Waals surface area contributed by atoms with Gasteiger partial charge < -0.3 is 15.0 Å². The fourth-order valence-electron chi connectivity index (χ4n) is 2.75. The predicted molar refractivity (Wildman–Crippen MR) is 97.7 cm³/mol. The van der Waals surface area contributed by atoms with E-state index in [9.17, 15) is 4.79 Å². The van der Waals surface area contributed by atoms with Crippen LogP contribution in [0.4, 0.5) is 0 Å². The fourth-order valence-corrected chi connectivity index (χ4v) is 2.75. The second kappa shape index (κ2) is 7.32. The van der Waals surface area contributed by atoms with Crippen molar-refractivity contribution in [1.29, 1.82) is 0 Å². The number of pyridine rings is 1. The first-order valence-corrected chi connectivity index (χ1v) is 8.12. The minimum Gasteiger partial charge on any atom is -0.497 e. The Morgan fingerprint density at radius 3 is 2.62 bits per heavy atom. The molecule has 4 nitrogen and oxygen atoms in total. The van der Waals surface area contributed by atoms with E-state index in [0.717, 1.165) is 35.2 Å². The highest BCUT2D eigenvalue weighted by Crippen LogP contribution is 2.13. The molecule has 0 amide bonds. The third kappa shape index (κ3) is 3.84. The van der Waals surface area contributed by atoms with Crippen LogP contribution in [-0.4, -0.2) is 18.6 Å². The van der Waals surface area contributed by atoms with Crippen LogP contribution in [0.5, 0.6) is 5.75 Å². The number of ether oxygens (including phenoxy) is 1. The average Bonchev–Trinajstić information content (AvgIpc) is 2.60. The summed E-state index contributed by atoms with van der Waals surface area (Å²) in [5.74, 6) is 0.865. The molecule has 0 aliphatic carbocycles. The smallest absolute Gasteiger partial charge is 0.252 e. The quantitative estimate of drug-likeness (QED) is 0.685. The number of fused-ring (bicyclic) bond motifs is 1. The second-order valence-corrected chi connectivity index (χ2v) is 5.99. The van der Waals surface area contributed by atoms with Gasteiger partial charge in [-0.3, -0.25) is 4.79 Å². The van der Waals surface area contributed by atoms with E-state index in [2.05, 4.69) is 35.4 Å². The van der Waals surface area contributed by atoms with Crippen molar-refractivity contribution in [2.75, 3.05) is 13.7 Å². The molecule has 3 aromatic rings. The maximum atomic E-state index is 12.1. The van der Waals surface area contributed by atoms with E-state index in [1.807, 2.05) is 30.3 Å². The Kier molecular flexibility index (Phi) is 4.96. The number of hydrogen-bond donors (Lipinski definition) is 2. The Balaban J connectivity index is 1.60. The SMILES string of the molecule is COc1ccc(CCNCc2cc3cc(C)ccc3[nH]c2=O)cc1. The largest absolute Gasteiger partial charge is 0.497 e. The van der Waals surface area contributed by atoms with Crippen molar-refractivity contribution in [2.45, 2.75) is 19.9 Å². The molecule has 0 radical (unpaired) electrons. The molecule has 1 heterocycles. The van der Waals surface area contributed by atoms with E-state index >= 15 is 0 Å². The van der Waals surface area contributed by atoms with Gasteiger partial charge in [0.25, 0.3) is 5.56 Å². The zero-order valence-corrected chi connectivity index (χ0v) is 14.1. The molecule has 0 atom stereocenters. The third-order valence-electron chi connectivity index (χ3n) is 4.14. The average molecular weight is 322 g/mol. The van der Waals surface area contributed by atoms with Crippen LogP contribution in [0.2, 0.25) is 0 Å². The molecule has 0 aliphatic rings. The minimum atomic E-state index is -0.0247. The van der Waals surface area contributed by atoms with E-state index in [1.54, 1.807) is 7.11 Å². The Morgan fingerprint density at radius 1 is 1.08 bits per heavy atom. The van der Waals surface area contributed by atoms with E-state index < -0.39 is 0 Å². The zero-order chi connectivity index (χ0) is 16.9. The second-order valence-electron chi connectivity index (χ2n) is 5.99. The van der Waals surface area contributed by atoms with E-state index in [1.165, 1.54) is 11.1 Å². The van der Waals surface area contributed by atoms with Crippen molar-refractivity contribution in [3.63, 3.8) is 0 Å². The molecule has 1 aromatic heterocycles. The molecular formula is C20H22N2O2. The van der Waals surface area contributed by atoms with Gasteiger partial charge in [0.05, 0.1) is 7.11 Å². The first-order valence-electron chi connectivity index (χ1n) is 8.12. The van der Waals surface area contributed by atoms with Crippen molar-refractivity contribution >= 4 is 10.9 Å². The summed E-state index contributed by atoms with van der Waals surface area (Å²) in [5.41, 5.74) is 4.05. The summed E-state index contributed by atoms with van der Waals surface area (Å²) in [6.07, 6.45) is 0.911. The molecule has 0 bridgehead atoms. The first kappa shape index (κ1) is 16.3. The monoisotopic (exact) mass is 322 g/mol. The van der Waals surface area contributed by atoms with E-state index in [-0.39, 0.29) is 5.56 Å². The number of aryl methyl sites for hydroxylation is 1. The molecule has 0 spiro atoms. The van der Waals surface area contributed by atoms with Gasteiger partial charge in [-0.2, -0.15) is 0 Å². The number of methoxy groups -OCH3 is 1. The minimum absolute atomic E-state index is 0.0247. The lowest BCUT2D eigenvalue weighted by atomic mass is 10.1. The molecule has 0 fully saturated rings. The molecule has 4 heteroatoms. The maximum Gasteiger partial charge on any atom is 0.252 e. The predicted octanol–water partition coefficient (Wildman–Crippen LogP) is 3.18. The summed E-state index contributed by atoms with van der Waals surface area (Å²) >= 11 is 0. The third-order valence-corrected chi connectivity index (χ3v) is 4.14. The van der Waals surface area contributed by atoms with Gasteiger partial charge in [-0.05, 0) is 61.2 Å². The Morgan fingerprint density at radius 2 is 1.88 bits per heavy atom. The summed E-state index contributed by atoms with van der Waals surface area (Å²) in [6, 6.07) is 16.1. The number of benzene rings is 2. The van der Waals surface area contributed by atoms with Crippen molar-refractivity contribution in [3.8, 4) is 5.75 Å². The van der Waals surface area contributed by atoms with Crippen LogP contribution in [0.25, 0.3) is 10.9 Å². The van der Waals surface area contributed by atoms with Crippen LogP contribution < -0.4 is 15.6 Å². The Labute approximate surface area is 141 Å². The van der Waals surface area contributed by atoms with Gasteiger partial charge in [-0.15, -0.1) is 0 Å². The highest BCUT2D eigenvalue weighted by molar-refractivity contribution is 5.79. The topological polar surface area (TPSA) is 54.1 Å². The number of H-pyrrole nitrogens is 1. The molecule has 24 heavy (non-hydrogen) atoms. The van der Waals surface area contributed by atoms with Gasteiger partial charge in [0.1, 0.15) is 5.75 Å². The molecule has 0 saturated carbocycles. The molecule has 0 aliphatic heterocycles.